The van der Waals surface area contributed by atoms with Gasteiger partial charge in [0.1, 0.15) is 5.75 Å². The Bertz CT molecular complexity index is 706. The fraction of sp³-hybridized carbons (Fsp3) is 0.333. The van der Waals surface area contributed by atoms with Gasteiger partial charge in [0.05, 0.1) is 25.1 Å². The van der Waals surface area contributed by atoms with Crippen LogP contribution in [0.3, 0.4) is 0 Å². The van der Waals surface area contributed by atoms with E-state index in [4.69, 9.17) is 4.74 Å². The lowest BCUT2D eigenvalue weighted by Gasteiger charge is -2.33. The largest absolute Gasteiger partial charge is 0.497 e. The number of ether oxygens (including phenoxy) is 1. The first-order chi connectivity index (χ1) is 11.7. The van der Waals surface area contributed by atoms with Gasteiger partial charge in [0.2, 0.25) is 0 Å². The van der Waals surface area contributed by atoms with Crippen molar-refractivity contribution in [1.82, 2.24) is 9.88 Å². The Morgan fingerprint density at radius 3 is 2.71 bits per heavy atom. The molecule has 1 aromatic heterocycles. The standard InChI is InChI=1S/C18H21N3O2S/c1-3-21-17(20-12-15-6-4-5-11-19-15)24-13-18(21,22)14-7-9-16(23-2)10-8-14/h4-11,22H,3,12-13H2,1-2H3. The molecule has 6 heteroatoms. The van der Waals surface area contributed by atoms with E-state index in [0.29, 0.717) is 18.8 Å². The van der Waals surface area contributed by atoms with Crippen molar-refractivity contribution in [3.05, 3.63) is 59.9 Å². The molecule has 0 bridgehead atoms. The van der Waals surface area contributed by atoms with Gasteiger partial charge in [0.25, 0.3) is 0 Å². The van der Waals surface area contributed by atoms with Gasteiger partial charge >= 0.3 is 0 Å². The highest BCUT2D eigenvalue weighted by Crippen LogP contribution is 2.39. The lowest BCUT2D eigenvalue weighted by molar-refractivity contribution is -0.0454. The Kier molecular flexibility index (Phi) is 5.06. The monoisotopic (exact) mass is 343 g/mol. The number of methoxy groups -OCH3 is 1. The minimum Gasteiger partial charge on any atom is -0.497 e. The highest BCUT2D eigenvalue weighted by Gasteiger charge is 2.43. The van der Waals surface area contributed by atoms with Crippen LogP contribution in [-0.2, 0) is 12.3 Å². The molecule has 0 aliphatic carbocycles. The zero-order valence-electron chi connectivity index (χ0n) is 13.8. The molecule has 2 heterocycles. The minimum atomic E-state index is -1.05. The number of aromatic nitrogens is 1. The molecule has 2 aromatic rings. The maximum absolute atomic E-state index is 11.2. The molecule has 1 aliphatic heterocycles. The van der Waals surface area contributed by atoms with E-state index < -0.39 is 5.72 Å². The molecular formula is C18H21N3O2S. The first-order valence-electron chi connectivity index (χ1n) is 7.89. The zero-order chi connectivity index (χ0) is 17.0. The number of thioether (sulfide) groups is 1. The number of benzene rings is 1. The van der Waals surface area contributed by atoms with E-state index in [1.54, 1.807) is 25.1 Å². The van der Waals surface area contributed by atoms with Crippen molar-refractivity contribution < 1.29 is 9.84 Å². The number of nitrogens with zero attached hydrogens (tertiary/aromatic N) is 3. The third-order valence-corrected chi connectivity index (χ3v) is 5.21. The summed E-state index contributed by atoms with van der Waals surface area (Å²) in [6.45, 7) is 3.21. The van der Waals surface area contributed by atoms with Gasteiger partial charge in [0.15, 0.2) is 10.9 Å². The van der Waals surface area contributed by atoms with Gasteiger partial charge in [-0.2, -0.15) is 0 Å². The minimum absolute atomic E-state index is 0.512. The van der Waals surface area contributed by atoms with Crippen molar-refractivity contribution in [2.24, 2.45) is 4.99 Å². The molecule has 1 fully saturated rings. The quantitative estimate of drug-likeness (QED) is 0.905. The van der Waals surface area contributed by atoms with Gasteiger partial charge in [-0.15, -0.1) is 0 Å². The van der Waals surface area contributed by atoms with Gasteiger partial charge in [-0.25, -0.2) is 0 Å². The maximum atomic E-state index is 11.2. The zero-order valence-corrected chi connectivity index (χ0v) is 14.7. The number of hydrogen-bond acceptors (Lipinski definition) is 5. The second-order valence-electron chi connectivity index (χ2n) is 5.50. The number of hydrogen-bond donors (Lipinski definition) is 1. The molecule has 0 saturated carbocycles. The molecular weight excluding hydrogens is 322 g/mol. The molecule has 1 N–H and O–H groups in total. The van der Waals surface area contributed by atoms with Crippen LogP contribution in [-0.4, -0.2) is 39.6 Å². The van der Waals surface area contributed by atoms with Crippen LogP contribution < -0.4 is 4.74 Å². The Balaban J connectivity index is 1.82. The van der Waals surface area contributed by atoms with E-state index in [1.807, 2.05) is 54.3 Å². The molecule has 1 aromatic carbocycles. The summed E-state index contributed by atoms with van der Waals surface area (Å²) in [5, 5.41) is 12.1. The van der Waals surface area contributed by atoms with Crippen LogP contribution >= 0.6 is 11.8 Å². The lowest BCUT2D eigenvalue weighted by Crippen LogP contribution is -2.44. The normalized spacial score (nSPS) is 22.1. The van der Waals surface area contributed by atoms with Crippen LogP contribution in [0.2, 0.25) is 0 Å². The Labute approximate surface area is 146 Å². The van der Waals surface area contributed by atoms with E-state index in [-0.39, 0.29) is 0 Å². The van der Waals surface area contributed by atoms with E-state index in [1.165, 1.54) is 0 Å². The molecule has 1 unspecified atom stereocenters. The highest BCUT2D eigenvalue weighted by atomic mass is 32.2. The average Bonchev–Trinajstić information content (AvgIpc) is 2.97. The van der Waals surface area contributed by atoms with Crippen LogP contribution in [0.5, 0.6) is 5.75 Å². The predicted molar refractivity (Wildman–Crippen MR) is 97.1 cm³/mol. The number of amidine groups is 1. The summed E-state index contributed by atoms with van der Waals surface area (Å²) in [5.74, 6) is 1.33. The molecule has 1 saturated heterocycles. The molecule has 5 nitrogen and oxygen atoms in total. The highest BCUT2D eigenvalue weighted by molar-refractivity contribution is 8.14. The van der Waals surface area contributed by atoms with Crippen LogP contribution in [0, 0.1) is 0 Å². The number of aliphatic hydroxyl groups is 1. The summed E-state index contributed by atoms with van der Waals surface area (Å²) in [4.78, 5) is 10.9. The third-order valence-electron chi connectivity index (χ3n) is 4.05. The molecule has 1 aliphatic rings. The smallest absolute Gasteiger partial charge is 0.175 e. The van der Waals surface area contributed by atoms with Gasteiger partial charge in [-0.05, 0) is 31.2 Å². The van der Waals surface area contributed by atoms with Crippen LogP contribution in [0.4, 0.5) is 0 Å². The van der Waals surface area contributed by atoms with Gasteiger partial charge < -0.3 is 14.7 Å². The Morgan fingerprint density at radius 2 is 2.08 bits per heavy atom. The van der Waals surface area contributed by atoms with Crippen molar-refractivity contribution in [2.75, 3.05) is 19.4 Å². The van der Waals surface area contributed by atoms with E-state index >= 15 is 0 Å². The third kappa shape index (κ3) is 3.25. The Morgan fingerprint density at radius 1 is 1.29 bits per heavy atom. The molecule has 0 amide bonds. The molecule has 24 heavy (non-hydrogen) atoms. The van der Waals surface area contributed by atoms with Crippen molar-refractivity contribution >= 4 is 16.9 Å². The SMILES string of the molecule is CCN1C(=NCc2ccccn2)SCC1(O)c1ccc(OC)cc1. The number of rotatable bonds is 5. The van der Waals surface area contributed by atoms with Crippen LogP contribution in [0.1, 0.15) is 18.2 Å². The Hall–Kier alpha value is -2.05. The fourth-order valence-corrected chi connectivity index (χ4v) is 3.99. The summed E-state index contributed by atoms with van der Waals surface area (Å²) >= 11 is 1.57. The summed E-state index contributed by atoms with van der Waals surface area (Å²) in [6.07, 6.45) is 1.77. The van der Waals surface area contributed by atoms with Crippen molar-refractivity contribution in [2.45, 2.75) is 19.2 Å². The van der Waals surface area contributed by atoms with Crippen LogP contribution in [0.15, 0.2) is 53.7 Å². The predicted octanol–water partition coefficient (Wildman–Crippen LogP) is 2.86. The van der Waals surface area contributed by atoms with Crippen LogP contribution in [0.25, 0.3) is 0 Å². The van der Waals surface area contributed by atoms with Crippen molar-refractivity contribution in [3.8, 4) is 5.75 Å². The molecule has 0 radical (unpaired) electrons. The van der Waals surface area contributed by atoms with Gasteiger partial charge in [-0.3, -0.25) is 9.98 Å². The topological polar surface area (TPSA) is 58.0 Å². The first kappa shape index (κ1) is 16.8. The summed E-state index contributed by atoms with van der Waals surface area (Å²) < 4.78 is 5.20. The molecule has 126 valence electrons. The summed E-state index contributed by atoms with van der Waals surface area (Å²) in [6, 6.07) is 13.4. The summed E-state index contributed by atoms with van der Waals surface area (Å²) in [7, 11) is 1.63. The van der Waals surface area contributed by atoms with E-state index in [2.05, 4.69) is 9.98 Å². The van der Waals surface area contributed by atoms with Crippen molar-refractivity contribution in [3.63, 3.8) is 0 Å². The molecule has 3 rings (SSSR count). The van der Waals surface area contributed by atoms with Gasteiger partial charge in [0, 0.05) is 18.3 Å². The number of aliphatic imine (C=N–C) groups is 1. The molecule has 1 atom stereocenters. The van der Waals surface area contributed by atoms with Gasteiger partial charge in [-0.1, -0.05) is 30.0 Å². The van der Waals surface area contributed by atoms with E-state index in [0.717, 1.165) is 22.2 Å². The molecule has 0 spiro atoms. The second kappa shape index (κ2) is 7.23. The average molecular weight is 343 g/mol. The lowest BCUT2D eigenvalue weighted by atomic mass is 10.0. The summed E-state index contributed by atoms with van der Waals surface area (Å²) in [5.41, 5.74) is 0.719. The first-order valence-corrected chi connectivity index (χ1v) is 8.87. The number of pyridine rings is 1. The second-order valence-corrected chi connectivity index (χ2v) is 6.44. The maximum Gasteiger partial charge on any atom is 0.175 e. The van der Waals surface area contributed by atoms with Crippen molar-refractivity contribution in [1.29, 1.82) is 0 Å². The fourth-order valence-electron chi connectivity index (χ4n) is 2.74. The van der Waals surface area contributed by atoms with E-state index in [9.17, 15) is 5.11 Å².